The number of halogens is 1. The van der Waals surface area contributed by atoms with Gasteiger partial charge in [0, 0.05) is 27.6 Å². The van der Waals surface area contributed by atoms with Crippen molar-refractivity contribution in [2.45, 2.75) is 31.7 Å². The Morgan fingerprint density at radius 2 is 2.13 bits per heavy atom. The molecule has 2 aromatic rings. The van der Waals surface area contributed by atoms with Gasteiger partial charge in [0.2, 0.25) is 0 Å². The van der Waals surface area contributed by atoms with Crippen LogP contribution in [0.25, 0.3) is 10.4 Å². The first-order chi connectivity index (χ1) is 14.2. The number of benzene rings is 1. The van der Waals surface area contributed by atoms with Crippen LogP contribution in [0, 0.1) is 6.92 Å². The van der Waals surface area contributed by atoms with Gasteiger partial charge in [0.25, 0.3) is 5.56 Å². The second kappa shape index (κ2) is 9.17. The van der Waals surface area contributed by atoms with Gasteiger partial charge in [-0.25, -0.2) is 9.36 Å². The topological polar surface area (TPSA) is 169 Å². The number of rotatable bonds is 7. The van der Waals surface area contributed by atoms with E-state index >= 15 is 0 Å². The average Bonchev–Trinajstić information content (AvgIpc) is 3.08. The second-order valence-electron chi connectivity index (χ2n) is 6.43. The molecule has 0 saturated carbocycles. The van der Waals surface area contributed by atoms with E-state index in [-0.39, 0.29) is 12.2 Å². The maximum atomic E-state index is 12.2. The van der Waals surface area contributed by atoms with Crippen LogP contribution in [-0.2, 0) is 13.8 Å². The van der Waals surface area contributed by atoms with Crippen molar-refractivity contribution >= 4 is 23.8 Å². The zero-order valence-corrected chi connectivity index (χ0v) is 18.0. The van der Waals surface area contributed by atoms with Crippen LogP contribution in [0.2, 0.25) is 0 Å². The third-order valence-corrected chi connectivity index (χ3v) is 5.74. The zero-order chi connectivity index (χ0) is 21.9. The summed E-state index contributed by atoms with van der Waals surface area (Å²) < 4.78 is 29.8. The zero-order valence-electron chi connectivity index (χ0n) is 15.5. The molecule has 1 saturated heterocycles. The van der Waals surface area contributed by atoms with Crippen molar-refractivity contribution in [3.8, 4) is 5.75 Å². The fraction of sp³-hybridized carbons (Fsp3) is 0.375. The first kappa shape index (κ1) is 22.3. The largest absolute Gasteiger partial charge is 0.527 e. The number of H-pyrrole nitrogens is 1. The van der Waals surface area contributed by atoms with Crippen LogP contribution in [-0.4, -0.2) is 33.2 Å². The smallest absolute Gasteiger partial charge is 0.404 e. The Labute approximate surface area is 177 Å². The van der Waals surface area contributed by atoms with E-state index in [0.717, 1.165) is 9.04 Å². The molecule has 1 aliphatic heterocycles. The van der Waals surface area contributed by atoms with Crippen molar-refractivity contribution in [1.82, 2.24) is 9.55 Å². The summed E-state index contributed by atoms with van der Waals surface area (Å²) in [6.07, 6.45) is -0.343. The Morgan fingerprint density at radius 1 is 1.43 bits per heavy atom. The van der Waals surface area contributed by atoms with E-state index in [9.17, 15) is 19.0 Å². The number of hydrogen-bond acceptors (Lipinski definition) is 7. The highest BCUT2D eigenvalue weighted by Crippen LogP contribution is 2.45. The molecular weight excluding hydrogens is 485 g/mol. The first-order valence-corrected chi connectivity index (χ1v) is 10.9. The maximum Gasteiger partial charge on any atom is 0.527 e. The lowest BCUT2D eigenvalue weighted by Crippen LogP contribution is -2.33. The molecule has 0 aliphatic carbocycles. The van der Waals surface area contributed by atoms with Gasteiger partial charge in [0.1, 0.15) is 12.0 Å². The van der Waals surface area contributed by atoms with E-state index < -0.39 is 44.1 Å². The van der Waals surface area contributed by atoms with Crippen LogP contribution in [0.4, 0.5) is 0 Å². The summed E-state index contributed by atoms with van der Waals surface area (Å²) in [5.41, 5.74) is 7.87. The predicted octanol–water partition coefficient (Wildman–Crippen LogP) is 2.77. The minimum atomic E-state index is -4.49. The van der Waals surface area contributed by atoms with Crippen LogP contribution in [0.1, 0.15) is 18.2 Å². The number of ether oxygens (including phenoxy) is 1. The summed E-state index contributed by atoms with van der Waals surface area (Å²) in [5.74, 6) is 0.121. The van der Waals surface area contributed by atoms with Gasteiger partial charge in [-0.05, 0) is 36.7 Å². The Kier molecular flexibility index (Phi) is 6.81. The van der Waals surface area contributed by atoms with Crippen molar-refractivity contribution < 1.29 is 23.2 Å². The number of aryl methyl sites for hydroxylation is 1. The normalized spacial score (nSPS) is 22.8. The Balaban J connectivity index is 1.71. The Bertz CT molecular complexity index is 1130. The molecule has 0 amide bonds. The summed E-state index contributed by atoms with van der Waals surface area (Å²) in [4.78, 5) is 38.5. The van der Waals surface area contributed by atoms with Gasteiger partial charge in [0.15, 0.2) is 0 Å². The van der Waals surface area contributed by atoms with E-state index in [4.69, 9.17) is 19.3 Å². The van der Waals surface area contributed by atoms with Crippen molar-refractivity contribution in [3.05, 3.63) is 71.8 Å². The van der Waals surface area contributed by atoms with Crippen LogP contribution < -0.4 is 15.8 Å². The van der Waals surface area contributed by atoms with Gasteiger partial charge in [-0.15, -0.1) is 0 Å². The van der Waals surface area contributed by atoms with Gasteiger partial charge >= 0.3 is 13.5 Å². The van der Waals surface area contributed by atoms with Crippen LogP contribution >= 0.6 is 23.8 Å². The SMILES string of the molecule is Cc1cn([C@H]2C[C@H](N=[N+]=[N-])[C@@H](COP(=O)(O)Oc3ccc(Br)cc3)O2)c(=O)[nH]c1=O. The highest BCUT2D eigenvalue weighted by atomic mass is 79.9. The number of phosphoric ester groups is 1. The standard InChI is InChI=1S/C16H17BrN5O7P/c1-9-7-22(16(24)19-15(9)23)14-6-12(20-21-18)13(28-14)8-27-30(25,26)29-11-4-2-10(17)3-5-11/h2-5,7,12-14H,6,8H2,1H3,(H,25,26)(H,19,23,24)/t12-,13+,14+/m0/s1. The molecule has 2 heterocycles. The average molecular weight is 502 g/mol. The molecule has 30 heavy (non-hydrogen) atoms. The lowest BCUT2D eigenvalue weighted by atomic mass is 10.1. The molecule has 0 radical (unpaired) electrons. The number of azide groups is 1. The van der Waals surface area contributed by atoms with Gasteiger partial charge in [-0.2, -0.15) is 0 Å². The van der Waals surface area contributed by atoms with Crippen molar-refractivity contribution in [1.29, 1.82) is 0 Å². The third-order valence-electron chi connectivity index (χ3n) is 4.30. The van der Waals surface area contributed by atoms with Gasteiger partial charge in [-0.3, -0.25) is 23.8 Å². The van der Waals surface area contributed by atoms with Gasteiger partial charge < -0.3 is 9.26 Å². The van der Waals surface area contributed by atoms with Crippen molar-refractivity contribution in [3.63, 3.8) is 0 Å². The molecule has 12 nitrogen and oxygen atoms in total. The molecule has 0 bridgehead atoms. The quantitative estimate of drug-likeness (QED) is 0.254. The molecule has 1 fully saturated rings. The van der Waals surface area contributed by atoms with Gasteiger partial charge in [0.05, 0.1) is 18.8 Å². The van der Waals surface area contributed by atoms with E-state index in [2.05, 4.69) is 30.9 Å². The van der Waals surface area contributed by atoms with E-state index in [0.29, 0.717) is 5.56 Å². The lowest BCUT2D eigenvalue weighted by Gasteiger charge is -2.19. The molecule has 1 aromatic heterocycles. The van der Waals surface area contributed by atoms with Gasteiger partial charge in [-0.1, -0.05) is 21.0 Å². The summed E-state index contributed by atoms with van der Waals surface area (Å²) in [6.45, 7) is 1.10. The number of aromatic amines is 1. The van der Waals surface area contributed by atoms with E-state index in [1.54, 1.807) is 12.1 Å². The Hall–Kier alpha value is -2.40. The lowest BCUT2D eigenvalue weighted by molar-refractivity contribution is -0.0263. The molecule has 4 atom stereocenters. The summed E-state index contributed by atoms with van der Waals surface area (Å²) in [5, 5.41) is 3.62. The summed E-state index contributed by atoms with van der Waals surface area (Å²) >= 11 is 3.24. The fourth-order valence-electron chi connectivity index (χ4n) is 2.85. The second-order valence-corrected chi connectivity index (χ2v) is 8.72. The molecule has 0 spiro atoms. The summed E-state index contributed by atoms with van der Waals surface area (Å²) in [7, 11) is -4.49. The summed E-state index contributed by atoms with van der Waals surface area (Å²) in [6, 6.07) is 5.44. The number of aromatic nitrogens is 2. The monoisotopic (exact) mass is 501 g/mol. The van der Waals surface area contributed by atoms with Crippen LogP contribution in [0.15, 0.2) is 49.6 Å². The van der Waals surface area contributed by atoms with Crippen molar-refractivity contribution in [2.24, 2.45) is 5.11 Å². The Morgan fingerprint density at radius 3 is 2.80 bits per heavy atom. The van der Waals surface area contributed by atoms with Crippen LogP contribution in [0.3, 0.4) is 0 Å². The fourth-order valence-corrected chi connectivity index (χ4v) is 3.89. The van der Waals surface area contributed by atoms with E-state index in [1.807, 2.05) is 0 Å². The molecule has 2 N–H and O–H groups in total. The number of hydrogen-bond donors (Lipinski definition) is 2. The third kappa shape index (κ3) is 5.39. The minimum Gasteiger partial charge on any atom is -0.404 e. The maximum absolute atomic E-state index is 12.2. The highest BCUT2D eigenvalue weighted by molar-refractivity contribution is 9.10. The molecule has 3 rings (SSSR count). The number of phosphoric acid groups is 1. The van der Waals surface area contributed by atoms with Crippen molar-refractivity contribution in [2.75, 3.05) is 6.61 Å². The highest BCUT2D eigenvalue weighted by Gasteiger charge is 2.38. The van der Waals surface area contributed by atoms with Crippen LogP contribution in [0.5, 0.6) is 5.75 Å². The molecular formula is C16H17BrN5O7P. The molecule has 160 valence electrons. The molecule has 1 aliphatic rings. The predicted molar refractivity (Wildman–Crippen MR) is 108 cm³/mol. The number of nitrogens with one attached hydrogen (secondary N) is 1. The molecule has 1 aromatic carbocycles. The van der Waals surface area contributed by atoms with E-state index in [1.165, 1.54) is 25.3 Å². The molecule has 1 unspecified atom stereocenters. The molecule has 14 heteroatoms. The minimum absolute atomic E-state index is 0.104. The number of nitrogens with zero attached hydrogens (tertiary/aromatic N) is 4. The first-order valence-electron chi connectivity index (χ1n) is 8.63.